The van der Waals surface area contributed by atoms with Crippen LogP contribution in [0.15, 0.2) is 60.7 Å². The van der Waals surface area contributed by atoms with Gasteiger partial charge in [0.25, 0.3) is 0 Å². The molecular weight excluding hydrogens is 308 g/mol. The second kappa shape index (κ2) is 7.50. The molecule has 2 N–H and O–H groups in total. The van der Waals surface area contributed by atoms with Gasteiger partial charge in [-0.3, -0.25) is 0 Å². The lowest BCUT2D eigenvalue weighted by Crippen LogP contribution is -2.17. The second-order valence-corrected chi connectivity index (χ2v) is 5.41. The minimum Gasteiger partial charge on any atom is -0.447 e. The molecule has 2 aliphatic heterocycles. The van der Waals surface area contributed by atoms with E-state index in [2.05, 4.69) is 10.6 Å². The Balaban J connectivity index is 0.000000141. The molecule has 2 aromatic rings. The molecule has 0 aliphatic carbocycles. The maximum Gasteiger partial charge on any atom is 0.407 e. The molecule has 2 atom stereocenters. The van der Waals surface area contributed by atoms with Crippen molar-refractivity contribution >= 4 is 12.2 Å². The molecule has 0 spiro atoms. The summed E-state index contributed by atoms with van der Waals surface area (Å²) in [6.07, 6.45) is -0.660. The van der Waals surface area contributed by atoms with E-state index >= 15 is 0 Å². The molecule has 124 valence electrons. The van der Waals surface area contributed by atoms with Gasteiger partial charge in [-0.2, -0.15) is 0 Å². The summed E-state index contributed by atoms with van der Waals surface area (Å²) in [5.41, 5.74) is 2.17. The number of cyclic esters (lactones) is 2. The molecule has 24 heavy (non-hydrogen) atoms. The first kappa shape index (κ1) is 15.9. The van der Waals surface area contributed by atoms with Crippen LogP contribution in [0.4, 0.5) is 9.59 Å². The number of hydrogen-bond acceptors (Lipinski definition) is 4. The first-order valence-electron chi connectivity index (χ1n) is 7.69. The number of carbonyl (C=O) groups excluding carboxylic acids is 2. The maximum absolute atomic E-state index is 10.7. The molecule has 2 heterocycles. The van der Waals surface area contributed by atoms with Crippen molar-refractivity contribution in [2.75, 3.05) is 13.2 Å². The van der Waals surface area contributed by atoms with Crippen molar-refractivity contribution in [1.29, 1.82) is 0 Å². The molecule has 2 aliphatic rings. The van der Waals surface area contributed by atoms with Gasteiger partial charge in [-0.05, 0) is 11.1 Å². The number of benzene rings is 2. The summed E-state index contributed by atoms with van der Waals surface area (Å²) in [7, 11) is 0. The van der Waals surface area contributed by atoms with Crippen LogP contribution in [0, 0.1) is 0 Å². The SMILES string of the molecule is O=C1N[C@@H](c2ccccc2)CO1.O=C1N[C@@H](c2ccccc2)CO1. The van der Waals surface area contributed by atoms with Crippen molar-refractivity contribution in [1.82, 2.24) is 10.6 Å². The average Bonchev–Trinajstić information content (AvgIpc) is 3.26. The van der Waals surface area contributed by atoms with Crippen LogP contribution in [0.25, 0.3) is 0 Å². The van der Waals surface area contributed by atoms with Crippen LogP contribution < -0.4 is 10.6 Å². The number of nitrogens with one attached hydrogen (secondary N) is 2. The quantitative estimate of drug-likeness (QED) is 0.889. The fourth-order valence-corrected chi connectivity index (χ4v) is 2.50. The highest BCUT2D eigenvalue weighted by molar-refractivity contribution is 5.70. The molecule has 2 fully saturated rings. The third-order valence-electron chi connectivity index (χ3n) is 3.75. The van der Waals surface area contributed by atoms with E-state index in [1.165, 1.54) is 0 Å². The Bertz CT molecular complexity index is 629. The van der Waals surface area contributed by atoms with Crippen LogP contribution in [0.3, 0.4) is 0 Å². The van der Waals surface area contributed by atoms with Crippen LogP contribution in [0.2, 0.25) is 0 Å². The van der Waals surface area contributed by atoms with Gasteiger partial charge < -0.3 is 20.1 Å². The number of ether oxygens (including phenoxy) is 2. The van der Waals surface area contributed by atoms with Gasteiger partial charge in [-0.15, -0.1) is 0 Å². The lowest BCUT2D eigenvalue weighted by molar-refractivity contribution is 0.176. The summed E-state index contributed by atoms with van der Waals surface area (Å²) in [5.74, 6) is 0. The van der Waals surface area contributed by atoms with Crippen molar-refractivity contribution in [2.45, 2.75) is 12.1 Å². The lowest BCUT2D eigenvalue weighted by Gasteiger charge is -2.05. The minimum atomic E-state index is -0.330. The molecule has 0 unspecified atom stereocenters. The molecule has 2 aromatic carbocycles. The molecule has 2 saturated heterocycles. The van der Waals surface area contributed by atoms with Gasteiger partial charge in [0.05, 0.1) is 12.1 Å². The fourth-order valence-electron chi connectivity index (χ4n) is 2.50. The highest BCUT2D eigenvalue weighted by Crippen LogP contribution is 2.17. The summed E-state index contributed by atoms with van der Waals surface area (Å²) in [4.78, 5) is 21.4. The zero-order chi connectivity index (χ0) is 16.8. The van der Waals surface area contributed by atoms with Gasteiger partial charge in [-0.1, -0.05) is 60.7 Å². The first-order chi connectivity index (χ1) is 11.7. The third kappa shape index (κ3) is 4.04. The Hall–Kier alpha value is -3.02. The van der Waals surface area contributed by atoms with E-state index in [9.17, 15) is 9.59 Å². The molecule has 0 radical (unpaired) electrons. The Labute approximate surface area is 139 Å². The zero-order valence-electron chi connectivity index (χ0n) is 13.0. The zero-order valence-corrected chi connectivity index (χ0v) is 13.0. The van der Waals surface area contributed by atoms with E-state index < -0.39 is 0 Å². The van der Waals surface area contributed by atoms with Crippen LogP contribution in [0.5, 0.6) is 0 Å². The van der Waals surface area contributed by atoms with Crippen LogP contribution in [-0.2, 0) is 9.47 Å². The number of hydrogen-bond donors (Lipinski definition) is 2. The fraction of sp³-hybridized carbons (Fsp3) is 0.222. The number of alkyl carbamates (subject to hydrolysis) is 2. The van der Waals surface area contributed by atoms with Gasteiger partial charge >= 0.3 is 12.2 Å². The predicted octanol–water partition coefficient (Wildman–Crippen LogP) is 2.94. The molecular formula is C18H18N2O4. The van der Waals surface area contributed by atoms with Gasteiger partial charge in [0.2, 0.25) is 0 Å². The highest BCUT2D eigenvalue weighted by Gasteiger charge is 2.23. The second-order valence-electron chi connectivity index (χ2n) is 5.41. The average molecular weight is 326 g/mol. The van der Waals surface area contributed by atoms with Gasteiger partial charge in [0.1, 0.15) is 13.2 Å². The number of amides is 2. The molecule has 0 aromatic heterocycles. The maximum atomic E-state index is 10.7. The topological polar surface area (TPSA) is 76.7 Å². The Morgan fingerprint density at radius 3 is 1.33 bits per heavy atom. The van der Waals surface area contributed by atoms with Crippen LogP contribution in [0.1, 0.15) is 23.2 Å². The van der Waals surface area contributed by atoms with Crippen molar-refractivity contribution in [3.05, 3.63) is 71.8 Å². The Kier molecular flexibility index (Phi) is 4.96. The van der Waals surface area contributed by atoms with Gasteiger partial charge in [-0.25, -0.2) is 9.59 Å². The molecule has 4 rings (SSSR count). The lowest BCUT2D eigenvalue weighted by atomic mass is 10.1. The largest absolute Gasteiger partial charge is 0.447 e. The summed E-state index contributed by atoms with van der Waals surface area (Å²) in [5, 5.41) is 5.42. The summed E-state index contributed by atoms with van der Waals surface area (Å²) < 4.78 is 9.54. The van der Waals surface area contributed by atoms with Crippen molar-refractivity contribution in [3.63, 3.8) is 0 Å². The summed E-state index contributed by atoms with van der Waals surface area (Å²) >= 11 is 0. The molecule has 6 nitrogen and oxygen atoms in total. The van der Waals surface area contributed by atoms with Crippen molar-refractivity contribution < 1.29 is 19.1 Å². The number of rotatable bonds is 2. The van der Waals surface area contributed by atoms with Gasteiger partial charge in [0.15, 0.2) is 0 Å². The minimum absolute atomic E-state index is 0.0266. The van der Waals surface area contributed by atoms with E-state index in [0.29, 0.717) is 13.2 Å². The molecule has 6 heteroatoms. The van der Waals surface area contributed by atoms with Crippen molar-refractivity contribution in [3.8, 4) is 0 Å². The van der Waals surface area contributed by atoms with E-state index in [1.807, 2.05) is 60.7 Å². The summed E-state index contributed by atoms with van der Waals surface area (Å²) in [6.45, 7) is 0.867. The van der Waals surface area contributed by atoms with E-state index in [4.69, 9.17) is 9.47 Å². The summed E-state index contributed by atoms with van der Waals surface area (Å²) in [6, 6.07) is 19.6. The van der Waals surface area contributed by atoms with E-state index in [-0.39, 0.29) is 24.3 Å². The molecule has 0 bridgehead atoms. The van der Waals surface area contributed by atoms with Crippen molar-refractivity contribution in [2.24, 2.45) is 0 Å². The van der Waals surface area contributed by atoms with Crippen LogP contribution in [-0.4, -0.2) is 25.4 Å². The number of carbonyl (C=O) groups is 2. The highest BCUT2D eigenvalue weighted by atomic mass is 16.6. The van der Waals surface area contributed by atoms with Crippen LogP contribution >= 0.6 is 0 Å². The predicted molar refractivity (Wildman–Crippen MR) is 87.3 cm³/mol. The normalized spacial score (nSPS) is 21.7. The van der Waals surface area contributed by atoms with E-state index in [0.717, 1.165) is 11.1 Å². The molecule has 0 saturated carbocycles. The standard InChI is InChI=1S/2C9H9NO2/c2*11-9-10-8(6-12-9)7-4-2-1-3-5-7/h2*1-5,8H,6H2,(H,10,11)/t2*8-/m11/s1. The monoisotopic (exact) mass is 326 g/mol. The Morgan fingerprint density at radius 1 is 0.667 bits per heavy atom. The Morgan fingerprint density at radius 2 is 1.04 bits per heavy atom. The first-order valence-corrected chi connectivity index (χ1v) is 7.69. The van der Waals surface area contributed by atoms with Gasteiger partial charge in [0, 0.05) is 0 Å². The smallest absolute Gasteiger partial charge is 0.407 e. The molecule has 2 amide bonds. The third-order valence-corrected chi connectivity index (χ3v) is 3.75. The van der Waals surface area contributed by atoms with E-state index in [1.54, 1.807) is 0 Å².